The van der Waals surface area contributed by atoms with Crippen LogP contribution in [0.4, 0.5) is 14.9 Å². The Morgan fingerprint density at radius 1 is 1.10 bits per heavy atom. The van der Waals surface area contributed by atoms with Crippen molar-refractivity contribution in [2.75, 3.05) is 31.5 Å². The molecule has 0 atom stereocenters. The molecule has 8 nitrogen and oxygen atoms in total. The number of aromatic nitrogens is 4. The molecule has 2 aromatic carbocycles. The van der Waals surface area contributed by atoms with Gasteiger partial charge in [-0.15, -0.1) is 5.10 Å². The average Bonchev–Trinajstić information content (AvgIpc) is 3.18. The molecule has 0 spiro atoms. The highest BCUT2D eigenvalue weighted by molar-refractivity contribution is 6.33. The van der Waals surface area contributed by atoms with Crippen LogP contribution in [0.15, 0.2) is 48.5 Å². The number of amides is 2. The van der Waals surface area contributed by atoms with Crippen LogP contribution < -0.4 is 5.32 Å². The fourth-order valence-corrected chi connectivity index (χ4v) is 3.36. The Balaban J connectivity index is 1.35. The van der Waals surface area contributed by atoms with Crippen LogP contribution in [0.3, 0.4) is 0 Å². The topological polar surface area (TPSA) is 79.2 Å². The van der Waals surface area contributed by atoms with Crippen LogP contribution in [-0.4, -0.2) is 62.2 Å². The van der Waals surface area contributed by atoms with Crippen molar-refractivity contribution in [3.8, 4) is 5.69 Å². The number of carbonyl (C=O) groups excluding carboxylic acids is 1. The Bertz CT molecular complexity index is 1000. The molecule has 1 N–H and O–H groups in total. The van der Waals surface area contributed by atoms with E-state index in [0.29, 0.717) is 54.9 Å². The minimum absolute atomic E-state index is 0.178. The zero-order valence-corrected chi connectivity index (χ0v) is 16.3. The highest BCUT2D eigenvalue weighted by Crippen LogP contribution is 2.21. The fraction of sp³-hybridized carbons (Fsp3) is 0.263. The summed E-state index contributed by atoms with van der Waals surface area (Å²) in [5.74, 6) is 0.270. The van der Waals surface area contributed by atoms with Gasteiger partial charge in [-0.05, 0) is 40.8 Å². The molecule has 0 saturated carbocycles. The summed E-state index contributed by atoms with van der Waals surface area (Å²) in [4.78, 5) is 16.4. The van der Waals surface area contributed by atoms with Gasteiger partial charge in [0.25, 0.3) is 0 Å². The Hall–Kier alpha value is -3.04. The van der Waals surface area contributed by atoms with Gasteiger partial charge in [0.15, 0.2) is 5.82 Å². The Labute approximate surface area is 171 Å². The smallest absolute Gasteiger partial charge is 0.321 e. The van der Waals surface area contributed by atoms with E-state index in [4.69, 9.17) is 11.6 Å². The van der Waals surface area contributed by atoms with E-state index in [0.717, 1.165) is 0 Å². The van der Waals surface area contributed by atoms with Crippen molar-refractivity contribution < 1.29 is 9.18 Å². The van der Waals surface area contributed by atoms with Crippen molar-refractivity contribution in [2.45, 2.75) is 6.54 Å². The summed E-state index contributed by atoms with van der Waals surface area (Å²) in [7, 11) is 0. The average molecular weight is 416 g/mol. The van der Waals surface area contributed by atoms with Crippen LogP contribution in [0.5, 0.6) is 0 Å². The number of hydrogen-bond acceptors (Lipinski definition) is 5. The van der Waals surface area contributed by atoms with Gasteiger partial charge in [-0.2, -0.15) is 4.68 Å². The number of benzene rings is 2. The first-order chi connectivity index (χ1) is 14.1. The van der Waals surface area contributed by atoms with Gasteiger partial charge in [-0.3, -0.25) is 4.90 Å². The Morgan fingerprint density at radius 3 is 2.66 bits per heavy atom. The van der Waals surface area contributed by atoms with Crippen LogP contribution in [-0.2, 0) is 6.54 Å². The monoisotopic (exact) mass is 415 g/mol. The minimum atomic E-state index is -0.345. The maximum atomic E-state index is 13.5. The van der Waals surface area contributed by atoms with E-state index in [1.165, 1.54) is 16.8 Å². The van der Waals surface area contributed by atoms with Crippen molar-refractivity contribution in [2.24, 2.45) is 0 Å². The molecule has 2 heterocycles. The predicted octanol–water partition coefficient (Wildman–Crippen LogP) is 2.80. The van der Waals surface area contributed by atoms with Gasteiger partial charge < -0.3 is 10.2 Å². The molecule has 0 bridgehead atoms. The van der Waals surface area contributed by atoms with Crippen molar-refractivity contribution >= 4 is 23.3 Å². The van der Waals surface area contributed by atoms with E-state index in [1.54, 1.807) is 29.2 Å². The molecule has 1 fully saturated rings. The van der Waals surface area contributed by atoms with E-state index in [9.17, 15) is 9.18 Å². The standard InChI is InChI=1S/C19H19ClFN7O/c20-16-6-1-2-7-17(16)22-19(29)27-10-8-26(9-11-27)13-18-23-24-25-28(18)15-5-3-4-14(21)12-15/h1-7,12H,8-11,13H2,(H,22,29). The maximum Gasteiger partial charge on any atom is 0.321 e. The zero-order valence-electron chi connectivity index (χ0n) is 15.5. The summed E-state index contributed by atoms with van der Waals surface area (Å²) in [6.07, 6.45) is 0. The van der Waals surface area contributed by atoms with Gasteiger partial charge in [-0.1, -0.05) is 29.8 Å². The van der Waals surface area contributed by atoms with E-state index >= 15 is 0 Å². The third-order valence-electron chi connectivity index (χ3n) is 4.73. The molecule has 1 aliphatic rings. The normalized spacial score (nSPS) is 14.8. The number of carbonyl (C=O) groups is 1. The Morgan fingerprint density at radius 2 is 1.90 bits per heavy atom. The number of hydrogen-bond donors (Lipinski definition) is 1. The van der Waals surface area contributed by atoms with Gasteiger partial charge in [0, 0.05) is 26.2 Å². The van der Waals surface area contributed by atoms with Gasteiger partial charge in [-0.25, -0.2) is 9.18 Å². The lowest BCUT2D eigenvalue weighted by Crippen LogP contribution is -2.49. The lowest BCUT2D eigenvalue weighted by molar-refractivity contribution is 0.140. The van der Waals surface area contributed by atoms with Gasteiger partial charge in [0.2, 0.25) is 0 Å². The van der Waals surface area contributed by atoms with Crippen molar-refractivity contribution in [3.63, 3.8) is 0 Å². The quantitative estimate of drug-likeness (QED) is 0.708. The molecule has 0 aliphatic carbocycles. The summed E-state index contributed by atoms with van der Waals surface area (Å²) in [5.41, 5.74) is 1.17. The summed E-state index contributed by atoms with van der Waals surface area (Å²) in [5, 5.41) is 15.1. The molecular weight excluding hydrogens is 397 g/mol. The van der Waals surface area contributed by atoms with Gasteiger partial charge >= 0.3 is 6.03 Å². The maximum absolute atomic E-state index is 13.5. The number of rotatable bonds is 4. The molecule has 0 radical (unpaired) electrons. The van der Waals surface area contributed by atoms with Crippen LogP contribution >= 0.6 is 11.6 Å². The van der Waals surface area contributed by atoms with E-state index in [2.05, 4.69) is 25.7 Å². The number of tetrazole rings is 1. The lowest BCUT2D eigenvalue weighted by atomic mass is 10.3. The third-order valence-corrected chi connectivity index (χ3v) is 5.06. The number of para-hydroxylation sites is 1. The summed E-state index contributed by atoms with van der Waals surface area (Å²) < 4.78 is 15.0. The van der Waals surface area contributed by atoms with Gasteiger partial charge in [0.05, 0.1) is 22.9 Å². The second-order valence-corrected chi connectivity index (χ2v) is 7.07. The first kappa shape index (κ1) is 19.3. The molecule has 150 valence electrons. The first-order valence-corrected chi connectivity index (χ1v) is 9.54. The van der Waals surface area contributed by atoms with E-state index < -0.39 is 0 Å². The largest absolute Gasteiger partial charge is 0.322 e. The third kappa shape index (κ3) is 4.52. The molecule has 4 rings (SSSR count). The molecule has 10 heteroatoms. The number of urea groups is 1. The molecule has 0 unspecified atom stereocenters. The summed E-state index contributed by atoms with van der Waals surface area (Å²) >= 11 is 6.10. The highest BCUT2D eigenvalue weighted by atomic mass is 35.5. The number of nitrogens with one attached hydrogen (secondary N) is 1. The van der Waals surface area contributed by atoms with E-state index in [1.807, 2.05) is 12.1 Å². The van der Waals surface area contributed by atoms with Crippen LogP contribution in [0.1, 0.15) is 5.82 Å². The molecule has 1 saturated heterocycles. The molecule has 3 aromatic rings. The fourth-order valence-electron chi connectivity index (χ4n) is 3.18. The minimum Gasteiger partial charge on any atom is -0.322 e. The van der Waals surface area contributed by atoms with Crippen molar-refractivity contribution in [3.05, 3.63) is 65.2 Å². The van der Waals surface area contributed by atoms with Crippen molar-refractivity contribution in [1.82, 2.24) is 30.0 Å². The summed E-state index contributed by atoms with van der Waals surface area (Å²) in [6, 6.07) is 13.1. The zero-order chi connectivity index (χ0) is 20.2. The predicted molar refractivity (Wildman–Crippen MR) is 106 cm³/mol. The van der Waals surface area contributed by atoms with Crippen LogP contribution in [0, 0.1) is 5.82 Å². The van der Waals surface area contributed by atoms with Crippen LogP contribution in [0.25, 0.3) is 5.69 Å². The highest BCUT2D eigenvalue weighted by Gasteiger charge is 2.23. The van der Waals surface area contributed by atoms with E-state index in [-0.39, 0.29) is 11.8 Å². The first-order valence-electron chi connectivity index (χ1n) is 9.16. The second kappa shape index (κ2) is 8.54. The second-order valence-electron chi connectivity index (χ2n) is 6.66. The van der Waals surface area contributed by atoms with Gasteiger partial charge in [0.1, 0.15) is 5.82 Å². The SMILES string of the molecule is O=C(Nc1ccccc1Cl)N1CCN(Cc2nnnn2-c2cccc(F)c2)CC1. The van der Waals surface area contributed by atoms with Crippen molar-refractivity contribution in [1.29, 1.82) is 0 Å². The lowest BCUT2D eigenvalue weighted by Gasteiger charge is -2.34. The molecule has 1 aromatic heterocycles. The molecule has 29 heavy (non-hydrogen) atoms. The molecule has 2 amide bonds. The number of anilines is 1. The number of halogens is 2. The summed E-state index contributed by atoms with van der Waals surface area (Å²) in [6.45, 7) is 2.98. The molecular formula is C19H19ClFN7O. The Kier molecular flexibility index (Phi) is 5.68. The van der Waals surface area contributed by atoms with Crippen LogP contribution in [0.2, 0.25) is 5.02 Å². The number of piperazine rings is 1. The molecule has 1 aliphatic heterocycles. The number of nitrogens with zero attached hydrogens (tertiary/aromatic N) is 6.